The minimum atomic E-state index is 0.766. The first-order valence-corrected chi connectivity index (χ1v) is 8.59. The van der Waals surface area contributed by atoms with Crippen molar-refractivity contribution in [1.82, 2.24) is 10.2 Å². The summed E-state index contributed by atoms with van der Waals surface area (Å²) in [6.45, 7) is 10.7. The van der Waals surface area contributed by atoms with E-state index in [9.17, 15) is 0 Å². The second kappa shape index (κ2) is 9.77. The van der Waals surface area contributed by atoms with Crippen LogP contribution in [0.25, 0.3) is 0 Å². The third-order valence-electron chi connectivity index (χ3n) is 4.68. The summed E-state index contributed by atoms with van der Waals surface area (Å²) >= 11 is 0. The molecule has 1 saturated carbocycles. The Bertz CT molecular complexity index is 217. The van der Waals surface area contributed by atoms with Gasteiger partial charge < -0.3 is 10.2 Å². The van der Waals surface area contributed by atoms with Gasteiger partial charge in [0.2, 0.25) is 0 Å². The highest BCUT2D eigenvalue weighted by molar-refractivity contribution is 4.81. The van der Waals surface area contributed by atoms with Crippen LogP contribution in [0.4, 0.5) is 0 Å². The Balaban J connectivity index is 2.44. The van der Waals surface area contributed by atoms with E-state index in [1.54, 1.807) is 0 Å². The van der Waals surface area contributed by atoms with Crippen LogP contribution in [0.15, 0.2) is 0 Å². The van der Waals surface area contributed by atoms with Crippen molar-refractivity contribution in [2.24, 2.45) is 11.8 Å². The van der Waals surface area contributed by atoms with Gasteiger partial charge in [0.1, 0.15) is 0 Å². The van der Waals surface area contributed by atoms with Crippen molar-refractivity contribution in [2.45, 2.75) is 71.8 Å². The van der Waals surface area contributed by atoms with Gasteiger partial charge in [-0.25, -0.2) is 0 Å². The number of nitrogens with one attached hydrogen (secondary N) is 1. The fourth-order valence-electron chi connectivity index (χ4n) is 3.34. The Labute approximate surface area is 121 Å². The van der Waals surface area contributed by atoms with E-state index in [1.165, 1.54) is 64.6 Å². The van der Waals surface area contributed by atoms with Crippen LogP contribution in [0, 0.1) is 11.8 Å². The summed E-state index contributed by atoms with van der Waals surface area (Å²) in [6, 6.07) is 0.766. The van der Waals surface area contributed by atoms with Crippen molar-refractivity contribution in [3.05, 3.63) is 0 Å². The van der Waals surface area contributed by atoms with E-state index >= 15 is 0 Å². The van der Waals surface area contributed by atoms with E-state index < -0.39 is 0 Å². The summed E-state index contributed by atoms with van der Waals surface area (Å²) < 4.78 is 0. The number of rotatable bonds is 8. The van der Waals surface area contributed by atoms with E-state index in [1.807, 2.05) is 0 Å². The van der Waals surface area contributed by atoms with E-state index in [2.05, 4.69) is 38.0 Å². The third kappa shape index (κ3) is 6.76. The lowest BCUT2D eigenvalue weighted by molar-refractivity contribution is 0.203. The van der Waals surface area contributed by atoms with Crippen LogP contribution in [0.1, 0.15) is 65.7 Å². The quantitative estimate of drug-likeness (QED) is 0.671. The second-order valence-corrected chi connectivity index (χ2v) is 6.69. The summed E-state index contributed by atoms with van der Waals surface area (Å²) in [7, 11) is 2.31. The summed E-state index contributed by atoms with van der Waals surface area (Å²) in [6.07, 6.45) is 9.67. The fourth-order valence-corrected chi connectivity index (χ4v) is 3.34. The largest absolute Gasteiger partial charge is 0.314 e. The van der Waals surface area contributed by atoms with Crippen molar-refractivity contribution in [2.75, 3.05) is 26.7 Å². The molecule has 2 nitrogen and oxygen atoms in total. The molecule has 0 aromatic rings. The molecule has 0 spiro atoms. The lowest BCUT2D eigenvalue weighted by Crippen LogP contribution is -2.42. The summed E-state index contributed by atoms with van der Waals surface area (Å²) in [5.41, 5.74) is 0. The van der Waals surface area contributed by atoms with Gasteiger partial charge in [0.05, 0.1) is 0 Å². The Morgan fingerprint density at radius 3 is 2.58 bits per heavy atom. The van der Waals surface area contributed by atoms with Crippen molar-refractivity contribution >= 4 is 0 Å². The maximum atomic E-state index is 3.81. The highest BCUT2D eigenvalue weighted by Gasteiger charge is 2.24. The van der Waals surface area contributed by atoms with Gasteiger partial charge in [0.15, 0.2) is 0 Å². The molecule has 0 amide bonds. The maximum Gasteiger partial charge on any atom is 0.0107 e. The normalized spacial score (nSPS) is 26.4. The summed E-state index contributed by atoms with van der Waals surface area (Å²) in [5, 5.41) is 3.81. The van der Waals surface area contributed by atoms with Gasteiger partial charge in [-0.2, -0.15) is 0 Å². The van der Waals surface area contributed by atoms with Gasteiger partial charge in [0, 0.05) is 19.1 Å². The van der Waals surface area contributed by atoms with Gasteiger partial charge in [-0.3, -0.25) is 0 Å². The van der Waals surface area contributed by atoms with Gasteiger partial charge in [-0.1, -0.05) is 46.5 Å². The minimum Gasteiger partial charge on any atom is -0.314 e. The van der Waals surface area contributed by atoms with Crippen LogP contribution in [0.5, 0.6) is 0 Å². The molecular weight excluding hydrogens is 232 g/mol. The molecule has 1 fully saturated rings. The van der Waals surface area contributed by atoms with Gasteiger partial charge in [-0.15, -0.1) is 0 Å². The van der Waals surface area contributed by atoms with Gasteiger partial charge >= 0.3 is 0 Å². The molecule has 1 N–H and O–H groups in total. The molecule has 0 aromatic heterocycles. The van der Waals surface area contributed by atoms with E-state index in [0.29, 0.717) is 0 Å². The molecule has 1 aliphatic rings. The highest BCUT2D eigenvalue weighted by Crippen LogP contribution is 2.24. The lowest BCUT2D eigenvalue weighted by atomic mass is 9.93. The number of nitrogens with zero attached hydrogens (tertiary/aromatic N) is 1. The Morgan fingerprint density at radius 1 is 1.16 bits per heavy atom. The zero-order chi connectivity index (χ0) is 14.1. The molecule has 3 unspecified atom stereocenters. The van der Waals surface area contributed by atoms with E-state index in [-0.39, 0.29) is 0 Å². The van der Waals surface area contributed by atoms with Crippen molar-refractivity contribution in [3.63, 3.8) is 0 Å². The molecule has 2 heteroatoms. The molecule has 1 rings (SSSR count). The second-order valence-electron chi connectivity index (χ2n) is 6.69. The molecule has 19 heavy (non-hydrogen) atoms. The molecule has 0 aliphatic heterocycles. The summed E-state index contributed by atoms with van der Waals surface area (Å²) in [4.78, 5) is 2.57. The maximum absolute atomic E-state index is 3.81. The topological polar surface area (TPSA) is 15.3 Å². The first-order valence-electron chi connectivity index (χ1n) is 8.59. The van der Waals surface area contributed by atoms with Gasteiger partial charge in [-0.05, 0) is 44.7 Å². The molecule has 0 radical (unpaired) electrons. The van der Waals surface area contributed by atoms with Crippen LogP contribution in [0.2, 0.25) is 0 Å². The Kier molecular flexibility index (Phi) is 8.72. The van der Waals surface area contributed by atoms with Crippen LogP contribution < -0.4 is 5.32 Å². The van der Waals surface area contributed by atoms with Crippen LogP contribution in [-0.2, 0) is 0 Å². The van der Waals surface area contributed by atoms with Crippen LogP contribution in [-0.4, -0.2) is 37.6 Å². The zero-order valence-corrected chi connectivity index (χ0v) is 13.8. The molecule has 0 saturated heterocycles. The molecule has 0 aromatic carbocycles. The molecule has 0 heterocycles. The van der Waals surface area contributed by atoms with Crippen molar-refractivity contribution in [3.8, 4) is 0 Å². The predicted molar refractivity (Wildman–Crippen MR) is 85.6 cm³/mol. The highest BCUT2D eigenvalue weighted by atomic mass is 15.1. The Morgan fingerprint density at radius 2 is 1.89 bits per heavy atom. The molecular formula is C17H36N2. The first kappa shape index (κ1) is 17.0. The van der Waals surface area contributed by atoms with E-state index in [4.69, 9.17) is 0 Å². The molecule has 1 aliphatic carbocycles. The third-order valence-corrected chi connectivity index (χ3v) is 4.68. The first-order chi connectivity index (χ1) is 9.17. The smallest absolute Gasteiger partial charge is 0.0107 e. The van der Waals surface area contributed by atoms with Crippen LogP contribution in [0.3, 0.4) is 0 Å². The van der Waals surface area contributed by atoms with Crippen molar-refractivity contribution < 1.29 is 0 Å². The van der Waals surface area contributed by atoms with Crippen LogP contribution >= 0.6 is 0 Å². The minimum absolute atomic E-state index is 0.766. The molecule has 0 bridgehead atoms. The Hall–Kier alpha value is -0.0800. The fraction of sp³-hybridized carbons (Fsp3) is 1.00. The SMILES string of the molecule is CCCNC1CCCCCC1CN(C)CC(C)CC. The van der Waals surface area contributed by atoms with Crippen molar-refractivity contribution in [1.29, 1.82) is 0 Å². The van der Waals surface area contributed by atoms with E-state index in [0.717, 1.165) is 17.9 Å². The predicted octanol–water partition coefficient (Wildman–Crippen LogP) is 3.91. The zero-order valence-electron chi connectivity index (χ0n) is 13.8. The number of hydrogen-bond donors (Lipinski definition) is 1. The monoisotopic (exact) mass is 268 g/mol. The average molecular weight is 268 g/mol. The standard InChI is InChI=1S/C17H36N2/c1-5-12-18-17-11-9-7-8-10-16(17)14-19(4)13-15(3)6-2/h15-18H,5-14H2,1-4H3. The lowest BCUT2D eigenvalue weighted by Gasteiger charge is -2.31. The molecule has 3 atom stereocenters. The number of hydrogen-bond acceptors (Lipinski definition) is 2. The van der Waals surface area contributed by atoms with Gasteiger partial charge in [0.25, 0.3) is 0 Å². The molecule has 114 valence electrons. The average Bonchev–Trinajstić information content (AvgIpc) is 2.61. The summed E-state index contributed by atoms with van der Waals surface area (Å²) in [5.74, 6) is 1.70.